The number of piperidine rings is 1. The fourth-order valence-corrected chi connectivity index (χ4v) is 20.6. The molecule has 3 amide bonds. The summed E-state index contributed by atoms with van der Waals surface area (Å²) in [6.07, 6.45) is 10.3. The predicted molar refractivity (Wildman–Crippen MR) is 440 cm³/mol. The number of carbonyl (C=O) groups excluding carboxylic acids is 4. The van der Waals surface area contributed by atoms with E-state index in [0.29, 0.717) is 114 Å². The van der Waals surface area contributed by atoms with E-state index < -0.39 is 9.84 Å². The maximum absolute atomic E-state index is 13.9. The Morgan fingerprint density at radius 1 is 0.482 bits per heavy atom. The van der Waals surface area contributed by atoms with Gasteiger partial charge >= 0.3 is 0 Å². The van der Waals surface area contributed by atoms with Gasteiger partial charge in [-0.3, -0.25) is 63.5 Å². The quantitative estimate of drug-likeness (QED) is 0.0744. The lowest BCUT2D eigenvalue weighted by molar-refractivity contribution is -0.123. The standard InChI is InChI=1S/C30H40FN5O2.C29H40FN5O3S.C29H38FN5O2/c1-20-16-35(25(15-32-20)17-34-10-9-26(37)11-21(34)2)18-28(38)36-19-30(3,4)29-27(36)13-23(14-33-29)12-22-5-7-24(31)8-6-22;1-20-15-34(25(14-31-20)16-33-9-10-39(37,38)18-21(33)2)17-27(36)35-19-29(3,4)28-26(35)12-23(13-32-28)11-22-5-7-24(30)8-6-22;1-19-13-33(24(12-31-19)14-34-15-25-10-23(34)17-37-25)16-27(36)35-18-29(2,3)28-26(35)9-21(11-32-28)8-20-4-6-22(30)7-5-20/h5-8,13-14,20-21,25,32H,9-12,15-19H2,1-4H3;5-8,12-13,20-21,25,31H,9-11,14-19H2,1-4H3;4-7,9,11,19,23-25,31H,8,10,12-18H2,1-3H3/t2*20-,21?,25-;19-,23+,24-,25+/m111/s1. The van der Waals surface area contributed by atoms with Gasteiger partial charge in [0.1, 0.15) is 23.2 Å². The van der Waals surface area contributed by atoms with Crippen LogP contribution in [0.15, 0.2) is 110 Å². The average Bonchev–Trinajstić information content (AvgIpc) is 1.61. The Balaban J connectivity index is 0.000000142. The number of aromatic nitrogens is 3. The van der Waals surface area contributed by atoms with Gasteiger partial charge in [-0.1, -0.05) is 77.9 Å². The van der Waals surface area contributed by atoms with E-state index in [-0.39, 0.29) is 93.1 Å². The van der Waals surface area contributed by atoms with Crippen molar-refractivity contribution in [3.05, 3.63) is 178 Å². The van der Waals surface area contributed by atoms with Gasteiger partial charge in [-0.2, -0.15) is 0 Å². The van der Waals surface area contributed by atoms with Crippen molar-refractivity contribution in [1.82, 2.24) is 60.3 Å². The molecule has 26 heteroatoms. The molecule has 10 aliphatic rings. The van der Waals surface area contributed by atoms with Gasteiger partial charge in [0.2, 0.25) is 17.7 Å². The van der Waals surface area contributed by atoms with Crippen LogP contribution >= 0.6 is 0 Å². The van der Waals surface area contributed by atoms with Crippen LogP contribution in [0.25, 0.3) is 0 Å². The van der Waals surface area contributed by atoms with Crippen molar-refractivity contribution in [1.29, 1.82) is 0 Å². The van der Waals surface area contributed by atoms with Crippen LogP contribution < -0.4 is 30.7 Å². The number of carbonyl (C=O) groups is 4. The molecule has 3 aromatic heterocycles. The number of pyridine rings is 3. The molecule has 0 spiro atoms. The molecule has 16 rings (SSSR count). The number of piperazine rings is 3. The molecule has 13 heterocycles. The fourth-order valence-electron chi connectivity index (χ4n) is 18.9. The Morgan fingerprint density at radius 3 is 1.18 bits per heavy atom. The minimum atomic E-state index is -2.98. The van der Waals surface area contributed by atoms with E-state index in [1.807, 2.05) is 40.2 Å². The zero-order chi connectivity index (χ0) is 80.7. The van der Waals surface area contributed by atoms with E-state index in [0.717, 1.165) is 153 Å². The highest BCUT2D eigenvalue weighted by molar-refractivity contribution is 7.91. The van der Waals surface area contributed by atoms with Crippen molar-refractivity contribution in [3.63, 3.8) is 0 Å². The number of nitrogens with zero attached hydrogens (tertiary/aromatic N) is 12. The molecule has 22 nitrogen and oxygen atoms in total. The van der Waals surface area contributed by atoms with Crippen LogP contribution in [0.1, 0.15) is 146 Å². The number of ketones is 1. The molecule has 0 saturated carbocycles. The summed E-state index contributed by atoms with van der Waals surface area (Å²) in [6.45, 7) is 37.0. The maximum Gasteiger partial charge on any atom is 0.241 e. The van der Waals surface area contributed by atoms with Crippen molar-refractivity contribution in [2.24, 2.45) is 0 Å². The first-order valence-corrected chi connectivity index (χ1v) is 43.2. The van der Waals surface area contributed by atoms with Crippen LogP contribution in [0.2, 0.25) is 0 Å². The second-order valence-electron chi connectivity index (χ2n) is 36.4. The minimum absolute atomic E-state index is 0.0301. The largest absolute Gasteiger partial charge is 0.375 e. The van der Waals surface area contributed by atoms with Crippen LogP contribution in [0, 0.1) is 17.5 Å². The van der Waals surface area contributed by atoms with Crippen molar-refractivity contribution < 1.29 is 45.5 Å². The molecule has 10 atom stereocenters. The van der Waals surface area contributed by atoms with Crippen molar-refractivity contribution in [2.75, 3.05) is 151 Å². The fraction of sp³-hybridized carbons (Fsp3) is 0.580. The van der Waals surface area contributed by atoms with Crippen LogP contribution in [-0.4, -0.2) is 273 Å². The van der Waals surface area contributed by atoms with Gasteiger partial charge in [-0.15, -0.1) is 0 Å². The third-order valence-corrected chi connectivity index (χ3v) is 27.1. The van der Waals surface area contributed by atoms with Gasteiger partial charge in [0.05, 0.1) is 78.0 Å². The molecule has 614 valence electrons. The van der Waals surface area contributed by atoms with Crippen LogP contribution in [0.3, 0.4) is 0 Å². The summed E-state index contributed by atoms with van der Waals surface area (Å²) >= 11 is 0. The Morgan fingerprint density at radius 2 is 0.842 bits per heavy atom. The third kappa shape index (κ3) is 19.7. The SMILES string of the molecule is CC1CC(=O)CCN1C[C@H]1CN[C@H](C)CN1CC(=O)N1CC(C)(C)c2ncc(Cc3ccc(F)cc3)cc21.CC1CS(=O)(=O)CCN1C[C@H]1CN[C@H](C)CN1CC(=O)N1CC(C)(C)c2ncc(Cc3ccc(F)cc3)cc21.C[C@@H]1CN(CC(=O)N2CC(C)(C)c3ncc(Cc4ccc(F)cc4)cc32)[C@@H](CN2C[C@@H]3C[C@H]2CO3)CN1. The zero-order valence-corrected chi connectivity index (χ0v) is 69.3. The Hall–Kier alpha value is -7.47. The molecule has 0 aliphatic carbocycles. The smallest absolute Gasteiger partial charge is 0.241 e. The van der Waals surface area contributed by atoms with Crippen molar-refractivity contribution in [3.8, 4) is 0 Å². The van der Waals surface area contributed by atoms with Gasteiger partial charge in [-0.05, 0) is 148 Å². The van der Waals surface area contributed by atoms with Gasteiger partial charge in [0.15, 0.2) is 9.84 Å². The van der Waals surface area contributed by atoms with E-state index in [1.165, 1.54) is 36.4 Å². The number of nitrogens with one attached hydrogen (secondary N) is 3. The van der Waals surface area contributed by atoms with Gasteiger partial charge in [-0.25, -0.2) is 21.6 Å². The lowest BCUT2D eigenvalue weighted by Crippen LogP contribution is -2.62. The number of morpholine rings is 1. The number of hydrogen-bond donors (Lipinski definition) is 3. The molecule has 2 unspecified atom stereocenters. The number of anilines is 3. The number of halogens is 3. The average molecular weight is 1590 g/mol. The van der Waals surface area contributed by atoms with E-state index >= 15 is 0 Å². The molecule has 10 aliphatic heterocycles. The van der Waals surface area contributed by atoms with E-state index in [9.17, 15) is 40.8 Å². The summed E-state index contributed by atoms with van der Waals surface area (Å²) < 4.78 is 70.0. The normalized spacial score (nSPS) is 27.3. The molecule has 7 saturated heterocycles. The number of hydrogen-bond acceptors (Lipinski definition) is 19. The van der Waals surface area contributed by atoms with Crippen molar-refractivity contribution >= 4 is 50.4 Å². The van der Waals surface area contributed by atoms with Gasteiger partial charge in [0, 0.05) is 200 Å². The number of fused-ring (bicyclic) bond motifs is 5. The molecule has 114 heavy (non-hydrogen) atoms. The molecular formula is C88H118F3N15O7S. The summed E-state index contributed by atoms with van der Waals surface area (Å²) in [4.78, 5) is 87.8. The van der Waals surface area contributed by atoms with E-state index in [4.69, 9.17) is 19.7 Å². The lowest BCUT2D eigenvalue weighted by atomic mass is 9.91. The van der Waals surface area contributed by atoms with Gasteiger partial charge < -0.3 is 35.4 Å². The zero-order valence-electron chi connectivity index (χ0n) is 68.5. The van der Waals surface area contributed by atoms with Crippen LogP contribution in [0.5, 0.6) is 0 Å². The number of benzene rings is 3. The van der Waals surface area contributed by atoms with E-state index in [1.54, 1.807) is 36.4 Å². The molecule has 2 bridgehead atoms. The molecule has 6 aromatic rings. The number of amides is 3. The maximum atomic E-state index is 13.9. The first-order chi connectivity index (χ1) is 54.2. The molecular weight excluding hydrogens is 1470 g/mol. The first kappa shape index (κ1) is 83.0. The highest BCUT2D eigenvalue weighted by atomic mass is 32.2. The summed E-state index contributed by atoms with van der Waals surface area (Å²) in [6, 6.07) is 28.1. The summed E-state index contributed by atoms with van der Waals surface area (Å²) in [5.41, 5.74) is 10.9. The third-order valence-electron chi connectivity index (χ3n) is 25.3. The Bertz CT molecular complexity index is 4560. The highest BCUT2D eigenvalue weighted by Gasteiger charge is 2.47. The van der Waals surface area contributed by atoms with Crippen molar-refractivity contribution in [2.45, 2.75) is 191 Å². The monoisotopic (exact) mass is 1590 g/mol. The highest BCUT2D eigenvalue weighted by Crippen LogP contribution is 2.43. The Kier molecular flexibility index (Phi) is 25.2. The predicted octanol–water partition coefficient (Wildman–Crippen LogP) is 7.94. The lowest BCUT2D eigenvalue weighted by Gasteiger charge is -2.43. The Labute approximate surface area is 672 Å². The molecule has 3 aromatic carbocycles. The molecule has 3 N–H and O–H groups in total. The molecule has 0 radical (unpaired) electrons. The van der Waals surface area contributed by atoms with Gasteiger partial charge in [0.25, 0.3) is 0 Å². The first-order valence-electron chi connectivity index (χ1n) is 41.3. The molecule has 7 fully saturated rings. The second-order valence-corrected chi connectivity index (χ2v) is 38.6. The summed E-state index contributed by atoms with van der Waals surface area (Å²) in [5, 5.41) is 10.8. The van der Waals surface area contributed by atoms with Crippen LogP contribution in [0.4, 0.5) is 30.2 Å². The number of rotatable bonds is 18. The number of likely N-dealkylation sites (tertiary alicyclic amines) is 2. The van der Waals surface area contributed by atoms with E-state index in [2.05, 4.69) is 133 Å². The number of ether oxygens (including phenoxy) is 1. The number of sulfone groups is 1. The summed E-state index contributed by atoms with van der Waals surface area (Å²) in [5.74, 6) is 0.272. The van der Waals surface area contributed by atoms with Crippen LogP contribution in [-0.2, 0) is 69.3 Å². The minimum Gasteiger partial charge on any atom is -0.375 e. The number of Topliss-reactive ketones (excluding diaryl/α,β-unsaturated/α-hetero) is 1. The topological polar surface area (TPSA) is 216 Å². The summed E-state index contributed by atoms with van der Waals surface area (Å²) in [7, 11) is -2.98. The second kappa shape index (κ2) is 34.6.